The Labute approximate surface area is 218 Å². The first-order valence-electron chi connectivity index (χ1n) is 12.7. The van der Waals surface area contributed by atoms with Crippen molar-refractivity contribution in [1.82, 2.24) is 34.1 Å². The van der Waals surface area contributed by atoms with Gasteiger partial charge in [-0.15, -0.1) is 0 Å². The van der Waals surface area contributed by atoms with Crippen LogP contribution >= 0.6 is 0 Å². The number of carbonyl (C=O) groups is 1. The Bertz CT molecular complexity index is 1260. The summed E-state index contributed by atoms with van der Waals surface area (Å²) in [6.07, 6.45) is 6.66. The Morgan fingerprint density at radius 1 is 1.32 bits per heavy atom. The predicted molar refractivity (Wildman–Crippen MR) is 143 cm³/mol. The van der Waals surface area contributed by atoms with Crippen molar-refractivity contribution in [1.29, 1.82) is 5.26 Å². The van der Waals surface area contributed by atoms with Gasteiger partial charge in [0.2, 0.25) is 0 Å². The van der Waals surface area contributed by atoms with E-state index in [2.05, 4.69) is 45.7 Å². The van der Waals surface area contributed by atoms with Gasteiger partial charge in [0.25, 0.3) is 0 Å². The van der Waals surface area contributed by atoms with Crippen LogP contribution in [-0.4, -0.2) is 92.2 Å². The molecule has 0 radical (unpaired) electrons. The lowest BCUT2D eigenvalue weighted by Crippen LogP contribution is -2.54. The number of nitriles is 1. The van der Waals surface area contributed by atoms with Crippen LogP contribution in [0.15, 0.2) is 31.0 Å². The SMILES string of the molecule is C[C@H]1CN(C(=O)O)CCN1CC(CC#N)n1cc(-c2ncnc3c2ccn3COCC[Si](C)(C)C)cn1. The van der Waals surface area contributed by atoms with Crippen molar-refractivity contribution < 1.29 is 14.6 Å². The minimum atomic E-state index is -1.14. The molecule has 1 unspecified atom stereocenters. The Balaban J connectivity index is 1.48. The maximum absolute atomic E-state index is 11.3. The summed E-state index contributed by atoms with van der Waals surface area (Å²) >= 11 is 0. The molecule has 0 spiro atoms. The van der Waals surface area contributed by atoms with E-state index in [9.17, 15) is 15.2 Å². The molecule has 11 nitrogen and oxygen atoms in total. The monoisotopic (exact) mass is 524 g/mol. The molecule has 1 saturated heterocycles. The van der Waals surface area contributed by atoms with Gasteiger partial charge in [-0.1, -0.05) is 19.6 Å². The molecule has 0 aliphatic carbocycles. The third-order valence-corrected chi connectivity index (χ3v) is 8.54. The Morgan fingerprint density at radius 2 is 2.14 bits per heavy atom. The molecule has 3 aromatic rings. The van der Waals surface area contributed by atoms with E-state index in [1.54, 1.807) is 12.5 Å². The average Bonchev–Trinajstić information content (AvgIpc) is 3.49. The minimum absolute atomic E-state index is 0.0651. The summed E-state index contributed by atoms with van der Waals surface area (Å²) in [7, 11) is -1.14. The van der Waals surface area contributed by atoms with Gasteiger partial charge in [0.15, 0.2) is 0 Å². The first-order chi connectivity index (χ1) is 17.7. The summed E-state index contributed by atoms with van der Waals surface area (Å²) in [5.41, 5.74) is 2.46. The molecule has 0 aromatic carbocycles. The lowest BCUT2D eigenvalue weighted by molar-refractivity contribution is 0.0662. The zero-order valence-corrected chi connectivity index (χ0v) is 23.0. The summed E-state index contributed by atoms with van der Waals surface area (Å²) in [4.78, 5) is 24.0. The highest BCUT2D eigenvalue weighted by atomic mass is 28.3. The first-order valence-corrected chi connectivity index (χ1v) is 16.4. The molecule has 4 rings (SSSR count). The van der Waals surface area contributed by atoms with Crippen molar-refractivity contribution in [3.63, 3.8) is 0 Å². The molecule has 1 fully saturated rings. The second-order valence-electron chi connectivity index (χ2n) is 10.9. The number of fused-ring (bicyclic) bond motifs is 1. The Morgan fingerprint density at radius 3 is 2.84 bits per heavy atom. The Kier molecular flexibility index (Phi) is 8.26. The van der Waals surface area contributed by atoms with E-state index < -0.39 is 14.2 Å². The highest BCUT2D eigenvalue weighted by Gasteiger charge is 2.29. The second-order valence-corrected chi connectivity index (χ2v) is 16.5. The van der Waals surface area contributed by atoms with Gasteiger partial charge < -0.3 is 19.3 Å². The van der Waals surface area contributed by atoms with E-state index in [0.717, 1.165) is 34.9 Å². The van der Waals surface area contributed by atoms with Crippen molar-refractivity contribution in [3.8, 4) is 17.3 Å². The third-order valence-electron chi connectivity index (χ3n) is 6.84. The highest BCUT2D eigenvalue weighted by Crippen LogP contribution is 2.27. The van der Waals surface area contributed by atoms with E-state index in [-0.39, 0.29) is 12.1 Å². The van der Waals surface area contributed by atoms with Crippen LogP contribution in [0.4, 0.5) is 4.79 Å². The smallest absolute Gasteiger partial charge is 0.407 e. The molecule has 1 aliphatic rings. The van der Waals surface area contributed by atoms with Crippen LogP contribution in [0.3, 0.4) is 0 Å². The van der Waals surface area contributed by atoms with Crippen molar-refractivity contribution in [2.45, 2.75) is 57.8 Å². The van der Waals surface area contributed by atoms with Crippen molar-refractivity contribution in [2.24, 2.45) is 0 Å². The summed E-state index contributed by atoms with van der Waals surface area (Å²) in [6, 6.07) is 5.31. The third kappa shape index (κ3) is 6.54. The van der Waals surface area contributed by atoms with Gasteiger partial charge in [-0.05, 0) is 19.0 Å². The molecule has 1 amide bonds. The summed E-state index contributed by atoms with van der Waals surface area (Å²) in [5.74, 6) is 0. The number of amides is 1. The number of ether oxygens (including phenoxy) is 1. The van der Waals surface area contributed by atoms with Crippen LogP contribution in [0.5, 0.6) is 0 Å². The van der Waals surface area contributed by atoms with E-state index in [4.69, 9.17) is 4.74 Å². The largest absolute Gasteiger partial charge is 0.465 e. The number of nitrogens with zero attached hydrogens (tertiary/aromatic N) is 8. The van der Waals surface area contributed by atoms with Crippen LogP contribution in [-0.2, 0) is 11.5 Å². The van der Waals surface area contributed by atoms with E-state index >= 15 is 0 Å². The number of piperazine rings is 1. The average molecular weight is 525 g/mol. The summed E-state index contributed by atoms with van der Waals surface area (Å²) in [6.45, 7) is 12.4. The zero-order chi connectivity index (χ0) is 26.6. The molecule has 4 heterocycles. The maximum Gasteiger partial charge on any atom is 0.407 e. The summed E-state index contributed by atoms with van der Waals surface area (Å²) < 4.78 is 9.75. The number of hydrogen-bond donors (Lipinski definition) is 1. The number of rotatable bonds is 10. The number of carboxylic acid groups (broad SMARTS) is 1. The minimum Gasteiger partial charge on any atom is -0.465 e. The molecular formula is C25H36N8O3Si. The van der Waals surface area contributed by atoms with Crippen LogP contribution in [0.25, 0.3) is 22.3 Å². The molecule has 1 N–H and O–H groups in total. The van der Waals surface area contributed by atoms with Crippen LogP contribution in [0, 0.1) is 11.3 Å². The molecular weight excluding hydrogens is 488 g/mol. The Hall–Kier alpha value is -3.27. The van der Waals surface area contributed by atoms with Crippen molar-refractivity contribution in [2.75, 3.05) is 32.8 Å². The van der Waals surface area contributed by atoms with Crippen LogP contribution < -0.4 is 0 Å². The van der Waals surface area contributed by atoms with Gasteiger partial charge in [0.1, 0.15) is 18.7 Å². The van der Waals surface area contributed by atoms with Crippen LogP contribution in [0.2, 0.25) is 25.7 Å². The lowest BCUT2D eigenvalue weighted by Gasteiger charge is -2.39. The molecule has 0 bridgehead atoms. The fourth-order valence-electron chi connectivity index (χ4n) is 4.60. The normalized spacial score (nSPS) is 17.7. The second kappa shape index (κ2) is 11.4. The van der Waals surface area contributed by atoms with Crippen molar-refractivity contribution in [3.05, 3.63) is 31.0 Å². The predicted octanol–water partition coefficient (Wildman–Crippen LogP) is 3.75. The molecule has 12 heteroatoms. The van der Waals surface area contributed by atoms with Crippen LogP contribution in [0.1, 0.15) is 19.4 Å². The van der Waals surface area contributed by atoms with Crippen molar-refractivity contribution >= 4 is 25.2 Å². The zero-order valence-electron chi connectivity index (χ0n) is 22.0. The fraction of sp³-hybridized carbons (Fsp3) is 0.560. The summed E-state index contributed by atoms with van der Waals surface area (Å²) in [5, 5.41) is 24.3. The van der Waals surface area contributed by atoms with Gasteiger partial charge in [-0.3, -0.25) is 9.58 Å². The molecule has 198 valence electrons. The first kappa shape index (κ1) is 26.8. The molecule has 37 heavy (non-hydrogen) atoms. The van der Waals surface area contributed by atoms with Gasteiger partial charge >= 0.3 is 6.09 Å². The highest BCUT2D eigenvalue weighted by molar-refractivity contribution is 6.76. The standard InChI is InChI=1S/C25H36N8O3Si/c1-19-14-31(25(34)35)10-9-30(19)16-21(5-7-26)33-15-20(13-29-33)23-22-6-8-32(24(22)28-17-27-23)18-36-11-12-37(2,3)4/h6,8,13,15,17,19,21H,5,9-12,14,16,18H2,1-4H3,(H,34,35)/t19-,21?/m0/s1. The van der Waals surface area contributed by atoms with Gasteiger partial charge in [-0.2, -0.15) is 10.4 Å². The molecule has 2 atom stereocenters. The van der Waals surface area contributed by atoms with E-state index in [1.807, 2.05) is 34.6 Å². The van der Waals surface area contributed by atoms with Gasteiger partial charge in [0, 0.05) is 70.2 Å². The number of hydrogen-bond acceptors (Lipinski definition) is 7. The maximum atomic E-state index is 11.3. The van der Waals surface area contributed by atoms with Gasteiger partial charge in [-0.25, -0.2) is 14.8 Å². The van der Waals surface area contributed by atoms with E-state index in [1.165, 1.54) is 4.90 Å². The fourth-order valence-corrected chi connectivity index (χ4v) is 5.35. The quantitative estimate of drug-likeness (QED) is 0.314. The van der Waals surface area contributed by atoms with Gasteiger partial charge in [0.05, 0.1) is 30.4 Å². The molecule has 3 aromatic heterocycles. The number of aromatic nitrogens is 5. The molecule has 1 aliphatic heterocycles. The lowest BCUT2D eigenvalue weighted by atomic mass is 10.1. The van der Waals surface area contributed by atoms with E-state index in [0.29, 0.717) is 39.3 Å². The molecule has 0 saturated carbocycles. The topological polar surface area (TPSA) is 125 Å².